The summed E-state index contributed by atoms with van der Waals surface area (Å²) in [5.74, 6) is -0.0211. The molecular formula is C12H21N3O2. The second-order valence-electron chi connectivity index (χ2n) is 5.77. The zero-order chi connectivity index (χ0) is 12.5. The number of carbonyl (C=O) groups is 1. The minimum atomic E-state index is -0.741. The molecule has 96 valence electrons. The minimum absolute atomic E-state index is 0.0556. The Morgan fingerprint density at radius 3 is 2.29 bits per heavy atom. The molecule has 5 nitrogen and oxygen atoms in total. The molecule has 5 heteroatoms. The molecule has 17 heavy (non-hydrogen) atoms. The van der Waals surface area contributed by atoms with Crippen LogP contribution in [0.25, 0.3) is 0 Å². The monoisotopic (exact) mass is 239 g/mol. The third kappa shape index (κ3) is 1.98. The highest BCUT2D eigenvalue weighted by Gasteiger charge is 2.48. The molecule has 0 radical (unpaired) electrons. The van der Waals surface area contributed by atoms with Gasteiger partial charge in [-0.25, -0.2) is 0 Å². The maximum Gasteiger partial charge on any atom is 0.233 e. The van der Waals surface area contributed by atoms with E-state index in [4.69, 9.17) is 10.9 Å². The van der Waals surface area contributed by atoms with Gasteiger partial charge in [0.25, 0.3) is 0 Å². The Morgan fingerprint density at radius 1 is 1.35 bits per heavy atom. The van der Waals surface area contributed by atoms with Gasteiger partial charge in [0.1, 0.15) is 5.41 Å². The number of rotatable bonds is 4. The van der Waals surface area contributed by atoms with Crippen molar-refractivity contribution in [3.05, 3.63) is 0 Å². The second kappa shape index (κ2) is 4.20. The topological polar surface area (TPSA) is 87.7 Å². The molecule has 0 bridgehead atoms. The molecule has 2 aliphatic carbocycles. The van der Waals surface area contributed by atoms with Crippen LogP contribution in [0, 0.1) is 10.8 Å². The lowest BCUT2D eigenvalue weighted by Crippen LogP contribution is -2.55. The summed E-state index contributed by atoms with van der Waals surface area (Å²) in [7, 11) is 0. The summed E-state index contributed by atoms with van der Waals surface area (Å²) >= 11 is 0. The molecule has 0 aliphatic heterocycles. The summed E-state index contributed by atoms with van der Waals surface area (Å²) < 4.78 is 0. The lowest BCUT2D eigenvalue weighted by Gasteiger charge is -2.42. The first-order chi connectivity index (χ1) is 8.02. The van der Waals surface area contributed by atoms with Crippen molar-refractivity contribution >= 4 is 11.7 Å². The molecule has 2 saturated carbocycles. The van der Waals surface area contributed by atoms with Crippen LogP contribution in [-0.4, -0.2) is 23.5 Å². The summed E-state index contributed by atoms with van der Waals surface area (Å²) in [5, 5.41) is 14.7. The van der Waals surface area contributed by atoms with Gasteiger partial charge in [-0.3, -0.25) is 4.79 Å². The maximum absolute atomic E-state index is 12.2. The normalized spacial score (nSPS) is 25.6. The van der Waals surface area contributed by atoms with Gasteiger partial charge in [0, 0.05) is 6.54 Å². The Hall–Kier alpha value is -1.26. The van der Waals surface area contributed by atoms with Crippen LogP contribution in [0.1, 0.15) is 45.4 Å². The van der Waals surface area contributed by atoms with Crippen molar-refractivity contribution in [2.24, 2.45) is 21.7 Å². The summed E-state index contributed by atoms with van der Waals surface area (Å²) in [6.45, 7) is 2.89. The number of oxime groups is 1. The Labute approximate surface area is 101 Å². The molecule has 4 N–H and O–H groups in total. The molecule has 0 aromatic rings. The predicted molar refractivity (Wildman–Crippen MR) is 64.7 cm³/mol. The van der Waals surface area contributed by atoms with Crippen molar-refractivity contribution in [1.29, 1.82) is 0 Å². The third-order valence-electron chi connectivity index (χ3n) is 4.48. The quantitative estimate of drug-likeness (QED) is 0.298. The van der Waals surface area contributed by atoms with Crippen LogP contribution < -0.4 is 11.1 Å². The van der Waals surface area contributed by atoms with Crippen molar-refractivity contribution in [2.45, 2.75) is 45.4 Å². The zero-order valence-electron chi connectivity index (χ0n) is 10.3. The van der Waals surface area contributed by atoms with E-state index in [1.54, 1.807) is 0 Å². The number of hydrogen-bond donors (Lipinski definition) is 3. The number of nitrogens with one attached hydrogen (secondary N) is 1. The SMILES string of the molecule is CC1(CNC(=O)C2(C(N)=NO)CCC2)CCC1. The molecule has 0 spiro atoms. The number of carbonyl (C=O) groups excluding carboxylic acids is 1. The number of amides is 1. The number of hydrogen-bond acceptors (Lipinski definition) is 3. The number of nitrogens with zero attached hydrogens (tertiary/aromatic N) is 1. The first-order valence-electron chi connectivity index (χ1n) is 6.29. The van der Waals surface area contributed by atoms with E-state index in [9.17, 15) is 4.79 Å². The van der Waals surface area contributed by atoms with E-state index in [2.05, 4.69) is 17.4 Å². The Balaban J connectivity index is 1.94. The molecule has 0 aromatic carbocycles. The van der Waals surface area contributed by atoms with Crippen LogP contribution in [0.4, 0.5) is 0 Å². The number of amidine groups is 1. The molecule has 0 atom stereocenters. The summed E-state index contributed by atoms with van der Waals surface area (Å²) in [6, 6.07) is 0. The highest BCUT2D eigenvalue weighted by Crippen LogP contribution is 2.43. The molecule has 2 fully saturated rings. The van der Waals surface area contributed by atoms with Gasteiger partial charge >= 0.3 is 0 Å². The van der Waals surface area contributed by atoms with E-state index in [-0.39, 0.29) is 17.2 Å². The summed E-state index contributed by atoms with van der Waals surface area (Å²) in [4.78, 5) is 12.2. The van der Waals surface area contributed by atoms with Crippen molar-refractivity contribution < 1.29 is 10.0 Å². The lowest BCUT2D eigenvalue weighted by atomic mass is 9.66. The molecule has 0 unspecified atom stereocenters. The predicted octanol–water partition coefficient (Wildman–Crippen LogP) is 1.21. The standard InChI is InChI=1S/C12H21N3O2/c1-11(4-2-5-11)8-14-10(16)12(6-3-7-12)9(13)15-17/h17H,2-8H2,1H3,(H2,13,15)(H,14,16). The summed E-state index contributed by atoms with van der Waals surface area (Å²) in [5.41, 5.74) is 5.15. The third-order valence-corrected chi connectivity index (χ3v) is 4.48. The van der Waals surface area contributed by atoms with Gasteiger partial charge in [0.15, 0.2) is 5.84 Å². The Morgan fingerprint density at radius 2 is 1.94 bits per heavy atom. The van der Waals surface area contributed by atoms with Crippen molar-refractivity contribution in [3.8, 4) is 0 Å². The maximum atomic E-state index is 12.2. The van der Waals surface area contributed by atoms with E-state index in [1.165, 1.54) is 19.3 Å². The van der Waals surface area contributed by atoms with Crippen molar-refractivity contribution in [2.75, 3.05) is 6.54 Å². The van der Waals surface area contributed by atoms with Crippen LogP contribution in [0.15, 0.2) is 5.16 Å². The van der Waals surface area contributed by atoms with Gasteiger partial charge in [-0.15, -0.1) is 0 Å². The van der Waals surface area contributed by atoms with E-state index in [0.29, 0.717) is 19.4 Å². The van der Waals surface area contributed by atoms with Crippen LogP contribution in [0.5, 0.6) is 0 Å². The molecule has 2 aliphatic rings. The van der Waals surface area contributed by atoms with Crippen molar-refractivity contribution in [3.63, 3.8) is 0 Å². The van der Waals surface area contributed by atoms with Gasteiger partial charge < -0.3 is 16.3 Å². The van der Waals surface area contributed by atoms with E-state index >= 15 is 0 Å². The fraction of sp³-hybridized carbons (Fsp3) is 0.833. The number of nitrogens with two attached hydrogens (primary N) is 1. The van der Waals surface area contributed by atoms with Gasteiger partial charge in [-0.05, 0) is 31.1 Å². The first-order valence-corrected chi connectivity index (χ1v) is 6.29. The zero-order valence-corrected chi connectivity index (χ0v) is 10.3. The molecule has 0 saturated heterocycles. The van der Waals surface area contributed by atoms with Gasteiger partial charge in [-0.2, -0.15) is 0 Å². The summed E-state index contributed by atoms with van der Waals surface area (Å²) in [6.07, 6.45) is 5.92. The molecular weight excluding hydrogens is 218 g/mol. The van der Waals surface area contributed by atoms with Gasteiger partial charge in [0.2, 0.25) is 5.91 Å². The van der Waals surface area contributed by atoms with Crippen LogP contribution in [0.3, 0.4) is 0 Å². The molecule has 0 heterocycles. The second-order valence-corrected chi connectivity index (χ2v) is 5.77. The first kappa shape index (κ1) is 12.2. The Bertz CT molecular complexity index is 344. The molecule has 2 rings (SSSR count). The minimum Gasteiger partial charge on any atom is -0.409 e. The molecule has 0 aromatic heterocycles. The van der Waals surface area contributed by atoms with Gasteiger partial charge in [0.05, 0.1) is 0 Å². The van der Waals surface area contributed by atoms with Gasteiger partial charge in [-0.1, -0.05) is 24.9 Å². The van der Waals surface area contributed by atoms with E-state index < -0.39 is 5.41 Å². The fourth-order valence-electron chi connectivity index (χ4n) is 2.65. The van der Waals surface area contributed by atoms with Crippen LogP contribution in [0.2, 0.25) is 0 Å². The van der Waals surface area contributed by atoms with Crippen LogP contribution >= 0.6 is 0 Å². The van der Waals surface area contributed by atoms with Crippen LogP contribution in [-0.2, 0) is 4.79 Å². The largest absolute Gasteiger partial charge is 0.409 e. The average molecular weight is 239 g/mol. The highest BCUT2D eigenvalue weighted by molar-refractivity contribution is 6.07. The highest BCUT2D eigenvalue weighted by atomic mass is 16.4. The fourth-order valence-corrected chi connectivity index (χ4v) is 2.65. The van der Waals surface area contributed by atoms with Crippen molar-refractivity contribution in [1.82, 2.24) is 5.32 Å². The average Bonchev–Trinajstić information content (AvgIpc) is 2.21. The van der Waals surface area contributed by atoms with E-state index in [1.807, 2.05) is 0 Å². The molecule has 1 amide bonds. The smallest absolute Gasteiger partial charge is 0.233 e. The van der Waals surface area contributed by atoms with E-state index in [0.717, 1.165) is 6.42 Å². The Kier molecular flexibility index (Phi) is 3.02. The lowest BCUT2D eigenvalue weighted by molar-refractivity contribution is -0.131.